The molecule has 0 aliphatic carbocycles. The van der Waals surface area contributed by atoms with Gasteiger partial charge in [-0.25, -0.2) is 17.2 Å². The average Bonchev–Trinajstić information content (AvgIpc) is 2.49. The molecule has 0 radical (unpaired) electrons. The maximum atomic E-state index is 13.6. The number of sulfonamides is 1. The van der Waals surface area contributed by atoms with Gasteiger partial charge in [0, 0.05) is 6.07 Å². The highest BCUT2D eigenvalue weighted by Gasteiger charge is 2.19. The third-order valence-electron chi connectivity index (χ3n) is 3.31. The SMILES string of the molecule is COc1ccc(S(=O)(=O)Nc2ccc(F)cc2F)cc1C(C)C. The normalized spacial score (nSPS) is 11.6. The number of methoxy groups -OCH3 is 1. The number of anilines is 1. The van der Waals surface area contributed by atoms with E-state index in [1.165, 1.54) is 19.2 Å². The van der Waals surface area contributed by atoms with Gasteiger partial charge in [-0.15, -0.1) is 0 Å². The van der Waals surface area contributed by atoms with Gasteiger partial charge in [0.1, 0.15) is 17.4 Å². The molecule has 0 heterocycles. The number of ether oxygens (including phenoxy) is 1. The van der Waals surface area contributed by atoms with Gasteiger partial charge in [0.2, 0.25) is 0 Å². The summed E-state index contributed by atoms with van der Waals surface area (Å²) in [7, 11) is -2.50. The Morgan fingerprint density at radius 2 is 1.78 bits per heavy atom. The van der Waals surface area contributed by atoms with Crippen LogP contribution in [0.15, 0.2) is 41.3 Å². The summed E-state index contributed by atoms with van der Waals surface area (Å²) in [6.45, 7) is 3.81. The van der Waals surface area contributed by atoms with Gasteiger partial charge in [0.05, 0.1) is 17.7 Å². The standard InChI is InChI=1S/C16H17F2NO3S/c1-10(2)13-9-12(5-7-16(13)22-3)23(20,21)19-15-6-4-11(17)8-14(15)18/h4-10,19H,1-3H3. The molecule has 0 unspecified atom stereocenters. The Morgan fingerprint density at radius 3 is 2.35 bits per heavy atom. The second-order valence-electron chi connectivity index (χ2n) is 5.29. The zero-order valence-corrected chi connectivity index (χ0v) is 13.7. The van der Waals surface area contributed by atoms with E-state index in [-0.39, 0.29) is 16.5 Å². The number of benzene rings is 2. The number of hydrogen-bond donors (Lipinski definition) is 1. The van der Waals surface area contributed by atoms with Crippen molar-refractivity contribution < 1.29 is 21.9 Å². The predicted molar refractivity (Wildman–Crippen MR) is 84.2 cm³/mol. The highest BCUT2D eigenvalue weighted by Crippen LogP contribution is 2.30. The van der Waals surface area contributed by atoms with E-state index in [0.717, 1.165) is 17.7 Å². The molecule has 0 spiro atoms. The van der Waals surface area contributed by atoms with Gasteiger partial charge in [-0.1, -0.05) is 13.8 Å². The molecule has 0 aromatic heterocycles. The van der Waals surface area contributed by atoms with Crippen molar-refractivity contribution in [1.29, 1.82) is 0 Å². The summed E-state index contributed by atoms with van der Waals surface area (Å²) in [5.74, 6) is -1.14. The van der Waals surface area contributed by atoms with Gasteiger partial charge in [-0.2, -0.15) is 0 Å². The second kappa shape index (κ2) is 6.54. The molecule has 0 fully saturated rings. The number of nitrogens with one attached hydrogen (secondary N) is 1. The first-order chi connectivity index (χ1) is 10.7. The minimum atomic E-state index is -4.00. The van der Waals surface area contributed by atoms with Crippen molar-refractivity contribution in [2.45, 2.75) is 24.7 Å². The van der Waals surface area contributed by atoms with Crippen LogP contribution in [0.3, 0.4) is 0 Å². The van der Waals surface area contributed by atoms with E-state index in [9.17, 15) is 17.2 Å². The largest absolute Gasteiger partial charge is 0.496 e. The minimum Gasteiger partial charge on any atom is -0.496 e. The summed E-state index contributed by atoms with van der Waals surface area (Å²) in [5, 5.41) is 0. The molecule has 23 heavy (non-hydrogen) atoms. The first-order valence-electron chi connectivity index (χ1n) is 6.90. The van der Waals surface area contributed by atoms with E-state index in [1.807, 2.05) is 13.8 Å². The van der Waals surface area contributed by atoms with Gasteiger partial charge in [-0.3, -0.25) is 4.72 Å². The monoisotopic (exact) mass is 341 g/mol. The summed E-state index contributed by atoms with van der Waals surface area (Å²) in [6.07, 6.45) is 0. The smallest absolute Gasteiger partial charge is 0.262 e. The maximum Gasteiger partial charge on any atom is 0.262 e. The summed E-state index contributed by atoms with van der Waals surface area (Å²) in [4.78, 5) is -0.0225. The highest BCUT2D eigenvalue weighted by atomic mass is 32.2. The van der Waals surface area contributed by atoms with E-state index in [2.05, 4.69) is 4.72 Å². The third-order valence-corrected chi connectivity index (χ3v) is 4.67. The van der Waals surface area contributed by atoms with Gasteiger partial charge in [-0.05, 0) is 41.8 Å². The Hall–Kier alpha value is -2.15. The van der Waals surface area contributed by atoms with Crippen LogP contribution in [0.25, 0.3) is 0 Å². The predicted octanol–water partition coefficient (Wildman–Crippen LogP) is 3.90. The van der Waals surface area contributed by atoms with Crippen LogP contribution in [-0.4, -0.2) is 15.5 Å². The molecular weight excluding hydrogens is 324 g/mol. The Labute approximate surface area is 134 Å². The molecule has 0 aliphatic rings. The van der Waals surface area contributed by atoms with E-state index in [4.69, 9.17) is 4.74 Å². The van der Waals surface area contributed by atoms with Gasteiger partial charge < -0.3 is 4.74 Å². The molecule has 7 heteroatoms. The number of hydrogen-bond acceptors (Lipinski definition) is 3. The van der Waals surface area contributed by atoms with Crippen molar-refractivity contribution in [2.24, 2.45) is 0 Å². The average molecular weight is 341 g/mol. The summed E-state index contributed by atoms with van der Waals surface area (Å²) in [5.41, 5.74) is 0.406. The van der Waals surface area contributed by atoms with Crippen LogP contribution < -0.4 is 9.46 Å². The molecule has 4 nitrogen and oxygen atoms in total. The Balaban J connectivity index is 2.41. The van der Waals surface area contributed by atoms with E-state index < -0.39 is 21.7 Å². The van der Waals surface area contributed by atoms with E-state index in [1.54, 1.807) is 6.07 Å². The van der Waals surface area contributed by atoms with Crippen LogP contribution in [0.5, 0.6) is 5.75 Å². The van der Waals surface area contributed by atoms with Crippen LogP contribution >= 0.6 is 0 Å². The molecule has 0 aliphatic heterocycles. The van der Waals surface area contributed by atoms with Gasteiger partial charge >= 0.3 is 0 Å². The van der Waals surface area contributed by atoms with Crippen LogP contribution in [0.1, 0.15) is 25.3 Å². The van der Waals surface area contributed by atoms with Crippen molar-refractivity contribution in [3.05, 3.63) is 53.6 Å². The lowest BCUT2D eigenvalue weighted by Gasteiger charge is -2.14. The van der Waals surface area contributed by atoms with E-state index in [0.29, 0.717) is 11.8 Å². The summed E-state index contributed by atoms with van der Waals surface area (Å²) < 4.78 is 58.7. The summed E-state index contributed by atoms with van der Waals surface area (Å²) in [6, 6.07) is 7.03. The lowest BCUT2D eigenvalue weighted by atomic mass is 10.0. The topological polar surface area (TPSA) is 55.4 Å². The quantitative estimate of drug-likeness (QED) is 0.897. The van der Waals surface area contributed by atoms with Crippen LogP contribution in [-0.2, 0) is 10.0 Å². The van der Waals surface area contributed by atoms with Gasteiger partial charge in [0.15, 0.2) is 0 Å². The molecule has 0 amide bonds. The molecule has 0 atom stereocenters. The fourth-order valence-electron chi connectivity index (χ4n) is 2.11. The summed E-state index contributed by atoms with van der Waals surface area (Å²) >= 11 is 0. The lowest BCUT2D eigenvalue weighted by Crippen LogP contribution is -2.14. The molecule has 0 saturated heterocycles. The van der Waals surface area contributed by atoms with Crippen molar-refractivity contribution in [3.63, 3.8) is 0 Å². The fourth-order valence-corrected chi connectivity index (χ4v) is 3.21. The molecule has 124 valence electrons. The van der Waals surface area contributed by atoms with Crippen molar-refractivity contribution in [3.8, 4) is 5.75 Å². The second-order valence-corrected chi connectivity index (χ2v) is 6.97. The Kier molecular flexibility index (Phi) is 4.89. The highest BCUT2D eigenvalue weighted by molar-refractivity contribution is 7.92. The Morgan fingerprint density at radius 1 is 1.09 bits per heavy atom. The van der Waals surface area contributed by atoms with Gasteiger partial charge in [0.25, 0.3) is 10.0 Å². The fraction of sp³-hybridized carbons (Fsp3) is 0.250. The first kappa shape index (κ1) is 17.2. The molecular formula is C16H17F2NO3S. The molecule has 1 N–H and O–H groups in total. The van der Waals surface area contributed by atoms with Crippen molar-refractivity contribution in [2.75, 3.05) is 11.8 Å². The maximum absolute atomic E-state index is 13.6. The minimum absolute atomic E-state index is 0.0225. The third kappa shape index (κ3) is 3.79. The molecule has 2 rings (SSSR count). The molecule has 2 aromatic carbocycles. The zero-order valence-electron chi connectivity index (χ0n) is 12.9. The lowest BCUT2D eigenvalue weighted by molar-refractivity contribution is 0.407. The van der Waals surface area contributed by atoms with Crippen LogP contribution in [0, 0.1) is 11.6 Å². The van der Waals surface area contributed by atoms with Crippen molar-refractivity contribution >= 4 is 15.7 Å². The molecule has 2 aromatic rings. The van der Waals surface area contributed by atoms with E-state index >= 15 is 0 Å². The van der Waals surface area contributed by atoms with Crippen LogP contribution in [0.2, 0.25) is 0 Å². The zero-order chi connectivity index (χ0) is 17.2. The molecule has 0 bridgehead atoms. The van der Waals surface area contributed by atoms with Crippen LogP contribution in [0.4, 0.5) is 14.5 Å². The van der Waals surface area contributed by atoms with Crippen molar-refractivity contribution in [1.82, 2.24) is 0 Å². The number of rotatable bonds is 5. The Bertz CT molecular complexity index is 820. The number of halogens is 2. The molecule has 0 saturated carbocycles. The first-order valence-corrected chi connectivity index (χ1v) is 8.38.